The molecule has 0 bridgehead atoms. The number of nitrogens with one attached hydrogen (secondary N) is 1. The van der Waals surface area contributed by atoms with Crippen molar-refractivity contribution in [3.63, 3.8) is 0 Å². The number of rotatable bonds is 17. The fourth-order valence-electron chi connectivity index (χ4n) is 7.57. The Balaban J connectivity index is 0.795. The fourth-order valence-corrected chi connectivity index (χ4v) is 8.82. The highest BCUT2D eigenvalue weighted by Crippen LogP contribution is 2.48. The first kappa shape index (κ1) is 38.2. The first-order valence-electron chi connectivity index (χ1n) is 19.4. The highest BCUT2D eigenvalue weighted by molar-refractivity contribution is 7.99. The molecule has 4 aromatic rings. The Kier molecular flexibility index (Phi) is 14.0. The van der Waals surface area contributed by atoms with Gasteiger partial charge in [0.25, 0.3) is 0 Å². The van der Waals surface area contributed by atoms with E-state index in [1.54, 1.807) is 0 Å². The summed E-state index contributed by atoms with van der Waals surface area (Å²) in [6, 6.07) is 33.0. The van der Waals surface area contributed by atoms with Gasteiger partial charge in [-0.25, -0.2) is 4.79 Å². The minimum absolute atomic E-state index is 0.0211. The smallest absolute Gasteiger partial charge is 0.411 e. The lowest BCUT2D eigenvalue weighted by atomic mass is 10.0. The van der Waals surface area contributed by atoms with Crippen molar-refractivity contribution in [2.45, 2.75) is 80.1 Å². The van der Waals surface area contributed by atoms with Crippen LogP contribution in [0.3, 0.4) is 0 Å². The largest absolute Gasteiger partial charge is 0.446 e. The molecule has 1 amide bonds. The number of unbranched alkanes of at least 4 members (excludes halogenated alkanes) is 6. The van der Waals surface area contributed by atoms with Crippen LogP contribution in [0.25, 0.3) is 11.1 Å². The van der Waals surface area contributed by atoms with Gasteiger partial charge in [0.1, 0.15) is 6.10 Å². The number of benzene rings is 4. The third-order valence-corrected chi connectivity index (χ3v) is 11.9. The summed E-state index contributed by atoms with van der Waals surface area (Å²) in [6.07, 6.45) is 11.7. The maximum atomic E-state index is 12.8. The topological polar surface area (TPSA) is 44.8 Å². The molecule has 0 unspecified atom stereocenters. The zero-order valence-corrected chi connectivity index (χ0v) is 32.6. The lowest BCUT2D eigenvalue weighted by Crippen LogP contribution is -2.42. The van der Waals surface area contributed by atoms with E-state index in [0.717, 1.165) is 71.8 Å². The second kappa shape index (κ2) is 19.0. The van der Waals surface area contributed by atoms with Crippen LogP contribution in [0.5, 0.6) is 0 Å². The van der Waals surface area contributed by atoms with Crippen LogP contribution < -0.4 is 10.2 Å². The van der Waals surface area contributed by atoms with Crippen molar-refractivity contribution >= 4 is 46.5 Å². The van der Waals surface area contributed by atoms with Crippen LogP contribution in [0.15, 0.2) is 107 Å². The molecule has 2 aliphatic heterocycles. The number of fused-ring (bicyclic) bond motifs is 2. The summed E-state index contributed by atoms with van der Waals surface area (Å²) in [5.41, 5.74) is 5.39. The van der Waals surface area contributed by atoms with E-state index in [-0.39, 0.29) is 12.2 Å². The van der Waals surface area contributed by atoms with Crippen molar-refractivity contribution in [2.75, 3.05) is 63.6 Å². The standard InChI is InChI=1S/C44H55ClN4O2S/c1-49(2,33-17-29-48-40-22-13-14-23-42(40)52-43-25-24-36(45)34-41(43)48)32-16-7-5-3-4-6-15-28-47-30-26-37(27-31-47)51-44(50)46-39-21-12-11-20-38(39)35-18-9-8-10-19-35/h8-14,18-25,34,37H,3-7,15-17,26-33H2,1-2H3/p+1. The van der Waals surface area contributed by atoms with Crippen LogP contribution >= 0.6 is 23.4 Å². The molecule has 2 aliphatic rings. The lowest BCUT2D eigenvalue weighted by molar-refractivity contribution is -0.890. The molecule has 0 aromatic heterocycles. The summed E-state index contributed by atoms with van der Waals surface area (Å²) in [5.74, 6) is 0. The van der Waals surface area contributed by atoms with Crippen LogP contribution in [0.4, 0.5) is 21.9 Å². The SMILES string of the molecule is C[N+](C)(CCCCCCCCCN1CCC(OC(=O)Nc2ccccc2-c2ccccc2)CC1)CCCN1c2ccccc2Sc2ccc(Cl)cc21. The second-order valence-corrected chi connectivity index (χ2v) is 16.5. The van der Waals surface area contributed by atoms with Gasteiger partial charge in [-0.2, -0.15) is 0 Å². The number of carbonyl (C=O) groups excluding carboxylic acids is 1. The average Bonchev–Trinajstić information content (AvgIpc) is 3.15. The molecular formula is C44H56ClN4O2S+. The van der Waals surface area contributed by atoms with Gasteiger partial charge in [-0.05, 0) is 80.6 Å². The molecule has 1 saturated heterocycles. The molecule has 2 heterocycles. The molecule has 8 heteroatoms. The van der Waals surface area contributed by atoms with Crippen molar-refractivity contribution in [1.82, 2.24) is 4.90 Å². The highest BCUT2D eigenvalue weighted by atomic mass is 35.5. The van der Waals surface area contributed by atoms with Crippen LogP contribution in [0.1, 0.15) is 64.2 Å². The normalized spacial score (nSPS) is 14.9. The Morgan fingerprint density at radius 3 is 2.21 bits per heavy atom. The van der Waals surface area contributed by atoms with E-state index in [0.29, 0.717) is 0 Å². The minimum atomic E-state index is -0.361. The van der Waals surface area contributed by atoms with Gasteiger partial charge >= 0.3 is 6.09 Å². The number of quaternary nitrogens is 1. The number of likely N-dealkylation sites (tertiary alicyclic amines) is 1. The number of para-hydroxylation sites is 2. The maximum absolute atomic E-state index is 12.8. The number of carbonyl (C=O) groups is 1. The number of hydrogen-bond acceptors (Lipinski definition) is 5. The van der Waals surface area contributed by atoms with E-state index < -0.39 is 0 Å². The molecular weight excluding hydrogens is 684 g/mol. The number of ether oxygens (including phenoxy) is 1. The summed E-state index contributed by atoms with van der Waals surface area (Å²) in [6.45, 7) is 6.55. The third kappa shape index (κ3) is 11.0. The molecule has 52 heavy (non-hydrogen) atoms. The van der Waals surface area contributed by atoms with Crippen molar-refractivity contribution in [3.05, 3.63) is 102 Å². The van der Waals surface area contributed by atoms with Gasteiger partial charge in [0.05, 0.1) is 44.2 Å². The van der Waals surface area contributed by atoms with E-state index in [2.05, 4.69) is 77.7 Å². The van der Waals surface area contributed by atoms with Crippen molar-refractivity contribution in [1.29, 1.82) is 0 Å². The number of amides is 1. The number of nitrogens with zero attached hydrogens (tertiary/aromatic N) is 3. The summed E-state index contributed by atoms with van der Waals surface area (Å²) in [7, 11) is 4.78. The molecule has 0 atom stereocenters. The van der Waals surface area contributed by atoms with E-state index in [1.807, 2.05) is 60.3 Å². The first-order valence-corrected chi connectivity index (χ1v) is 20.5. The predicted molar refractivity (Wildman–Crippen MR) is 219 cm³/mol. The Morgan fingerprint density at radius 1 is 0.750 bits per heavy atom. The Morgan fingerprint density at radius 2 is 1.40 bits per heavy atom. The van der Waals surface area contributed by atoms with E-state index >= 15 is 0 Å². The quantitative estimate of drug-likeness (QED) is 0.0863. The molecule has 6 rings (SSSR count). The summed E-state index contributed by atoms with van der Waals surface area (Å²) < 4.78 is 6.90. The number of piperidine rings is 1. The van der Waals surface area contributed by atoms with Gasteiger partial charge < -0.3 is 19.0 Å². The Hall–Kier alpha value is -3.49. The number of anilines is 3. The van der Waals surface area contributed by atoms with Gasteiger partial charge in [0.15, 0.2) is 0 Å². The monoisotopic (exact) mass is 739 g/mol. The summed E-state index contributed by atoms with van der Waals surface area (Å²) >= 11 is 8.26. The average molecular weight is 740 g/mol. The minimum Gasteiger partial charge on any atom is -0.446 e. The molecule has 1 fully saturated rings. The molecule has 0 spiro atoms. The molecule has 0 aliphatic carbocycles. The molecule has 276 valence electrons. The van der Waals surface area contributed by atoms with Gasteiger partial charge in [0, 0.05) is 46.4 Å². The van der Waals surface area contributed by atoms with E-state index in [1.165, 1.54) is 79.2 Å². The van der Waals surface area contributed by atoms with E-state index in [9.17, 15) is 4.79 Å². The van der Waals surface area contributed by atoms with Crippen molar-refractivity contribution in [2.24, 2.45) is 0 Å². The second-order valence-electron chi connectivity index (χ2n) is 15.0. The number of hydrogen-bond donors (Lipinski definition) is 1. The molecule has 0 radical (unpaired) electrons. The van der Waals surface area contributed by atoms with Crippen molar-refractivity contribution < 1.29 is 14.0 Å². The zero-order chi connectivity index (χ0) is 36.2. The maximum Gasteiger partial charge on any atom is 0.411 e. The van der Waals surface area contributed by atoms with Crippen LogP contribution in [-0.2, 0) is 4.74 Å². The van der Waals surface area contributed by atoms with Gasteiger partial charge in [-0.15, -0.1) is 0 Å². The molecule has 1 N–H and O–H groups in total. The molecule has 6 nitrogen and oxygen atoms in total. The zero-order valence-electron chi connectivity index (χ0n) is 31.1. The fraction of sp³-hybridized carbons (Fsp3) is 0.432. The van der Waals surface area contributed by atoms with Gasteiger partial charge in [-0.1, -0.05) is 110 Å². The van der Waals surface area contributed by atoms with Crippen LogP contribution in [0, 0.1) is 0 Å². The van der Waals surface area contributed by atoms with Crippen LogP contribution in [0.2, 0.25) is 5.02 Å². The first-order chi connectivity index (χ1) is 25.3. The molecule has 0 saturated carbocycles. The van der Waals surface area contributed by atoms with Gasteiger partial charge in [0.2, 0.25) is 0 Å². The molecule has 4 aromatic carbocycles. The predicted octanol–water partition coefficient (Wildman–Crippen LogP) is 11.5. The Labute approximate surface area is 321 Å². The lowest BCUT2D eigenvalue weighted by Gasteiger charge is -2.35. The van der Waals surface area contributed by atoms with Gasteiger partial charge in [-0.3, -0.25) is 5.32 Å². The van der Waals surface area contributed by atoms with Crippen molar-refractivity contribution in [3.8, 4) is 11.1 Å². The summed E-state index contributed by atoms with van der Waals surface area (Å²) in [5, 5.41) is 3.78. The number of halogens is 1. The Bertz CT molecular complexity index is 1730. The van der Waals surface area contributed by atoms with E-state index in [4.69, 9.17) is 16.3 Å². The summed E-state index contributed by atoms with van der Waals surface area (Å²) in [4.78, 5) is 20.4. The third-order valence-electron chi connectivity index (χ3n) is 10.5. The van der Waals surface area contributed by atoms with Crippen LogP contribution in [-0.4, -0.2) is 74.9 Å². The highest BCUT2D eigenvalue weighted by Gasteiger charge is 2.25.